The molecule has 37 heavy (non-hydrogen) atoms. The second-order valence-electron chi connectivity index (χ2n) is 8.37. The summed E-state index contributed by atoms with van der Waals surface area (Å²) in [6.07, 6.45) is -0.0346. The van der Waals surface area contributed by atoms with Gasteiger partial charge in [-0.05, 0) is 54.0 Å². The summed E-state index contributed by atoms with van der Waals surface area (Å²) in [5, 5.41) is 14.8. The summed E-state index contributed by atoms with van der Waals surface area (Å²) in [7, 11) is 0. The molecule has 0 unspecified atom stereocenters. The monoisotopic (exact) mass is 511 g/mol. The number of nitro benzene ring substituents is 1. The van der Waals surface area contributed by atoms with Gasteiger partial charge in [0.25, 0.3) is 5.69 Å². The summed E-state index contributed by atoms with van der Waals surface area (Å²) < 4.78 is 0. The number of benzene rings is 4. The number of amides is 1. The number of carbonyl (C=O) groups is 1. The predicted molar refractivity (Wildman–Crippen MR) is 152 cm³/mol. The van der Waals surface area contributed by atoms with Crippen molar-refractivity contribution >= 4 is 51.7 Å². The Bertz CT molecular complexity index is 1490. The molecule has 0 radical (unpaired) electrons. The third-order valence-electron chi connectivity index (χ3n) is 5.85. The van der Waals surface area contributed by atoms with Crippen LogP contribution in [0.3, 0.4) is 0 Å². The predicted octanol–water partition coefficient (Wildman–Crippen LogP) is 5.72. The third-order valence-corrected chi connectivity index (χ3v) is 6.13. The number of thiocarbonyl (C=S) groups is 1. The van der Waals surface area contributed by atoms with E-state index in [1.54, 1.807) is 41.3 Å². The Kier molecular flexibility index (Phi) is 7.45. The Morgan fingerprint density at radius 2 is 1.62 bits per heavy atom. The van der Waals surface area contributed by atoms with E-state index in [1.165, 1.54) is 6.07 Å². The van der Waals surface area contributed by atoms with E-state index in [0.29, 0.717) is 22.6 Å². The molecule has 0 saturated carbocycles. The smallest absolute Gasteiger partial charge is 0.292 e. The molecule has 5 N–H and O–H groups in total. The minimum Gasteiger partial charge on any atom is -0.397 e. The van der Waals surface area contributed by atoms with Crippen LogP contribution in [0, 0.1) is 17.0 Å². The van der Waals surface area contributed by atoms with Crippen molar-refractivity contribution in [1.29, 1.82) is 0 Å². The molecule has 4 aromatic rings. The summed E-state index contributed by atoms with van der Waals surface area (Å²) >= 11 is 5.87. The minimum absolute atomic E-state index is 0.0346. The van der Waals surface area contributed by atoms with Gasteiger partial charge in [0.2, 0.25) is 5.91 Å². The average molecular weight is 512 g/mol. The van der Waals surface area contributed by atoms with Crippen molar-refractivity contribution in [3.8, 4) is 11.1 Å². The number of nitro groups is 1. The fourth-order valence-corrected chi connectivity index (χ4v) is 4.53. The number of hydrogen-bond acceptors (Lipinski definition) is 5. The highest BCUT2D eigenvalue weighted by Gasteiger charge is 2.26. The molecular weight excluding hydrogens is 486 g/mol. The Hall–Kier alpha value is -4.76. The van der Waals surface area contributed by atoms with Gasteiger partial charge in [-0.2, -0.15) is 0 Å². The minimum atomic E-state index is -0.509. The fraction of sp³-hybridized carbons (Fsp3) is 0.0714. The van der Waals surface area contributed by atoms with Crippen LogP contribution >= 0.6 is 12.2 Å². The Morgan fingerprint density at radius 1 is 0.973 bits per heavy atom. The lowest BCUT2D eigenvalue weighted by Crippen LogP contribution is -2.33. The maximum absolute atomic E-state index is 11.9. The second kappa shape index (κ2) is 10.9. The molecule has 8 nitrogen and oxygen atoms in total. The van der Waals surface area contributed by atoms with Gasteiger partial charge in [0.15, 0.2) is 5.11 Å². The van der Waals surface area contributed by atoms with Crippen LogP contribution < -0.4 is 21.7 Å². The molecule has 186 valence electrons. The maximum atomic E-state index is 11.9. The van der Waals surface area contributed by atoms with Crippen LogP contribution in [-0.4, -0.2) is 15.9 Å². The van der Waals surface area contributed by atoms with Crippen molar-refractivity contribution in [1.82, 2.24) is 0 Å². The molecule has 0 aliphatic carbocycles. The zero-order valence-electron chi connectivity index (χ0n) is 20.0. The highest BCUT2D eigenvalue weighted by Crippen LogP contribution is 2.43. The molecule has 0 aliphatic heterocycles. The number of rotatable bonds is 7. The van der Waals surface area contributed by atoms with Crippen LogP contribution in [0.2, 0.25) is 0 Å². The van der Waals surface area contributed by atoms with Crippen molar-refractivity contribution in [2.75, 3.05) is 16.0 Å². The average Bonchev–Trinajstić information content (AvgIpc) is 2.87. The Morgan fingerprint density at radius 3 is 2.32 bits per heavy atom. The summed E-state index contributed by atoms with van der Waals surface area (Å²) in [6.45, 7) is 1.97. The Labute approximate surface area is 219 Å². The van der Waals surface area contributed by atoms with Crippen LogP contribution in [-0.2, 0) is 11.2 Å². The number of anilines is 4. The normalized spacial score (nSPS) is 10.5. The van der Waals surface area contributed by atoms with Crippen molar-refractivity contribution in [3.05, 3.63) is 112 Å². The molecule has 0 saturated heterocycles. The second-order valence-corrected chi connectivity index (χ2v) is 8.76. The highest BCUT2D eigenvalue weighted by molar-refractivity contribution is 7.80. The van der Waals surface area contributed by atoms with E-state index in [9.17, 15) is 14.9 Å². The van der Waals surface area contributed by atoms with E-state index < -0.39 is 10.8 Å². The van der Waals surface area contributed by atoms with Gasteiger partial charge in [-0.1, -0.05) is 66.7 Å². The molecule has 0 spiro atoms. The van der Waals surface area contributed by atoms with Crippen LogP contribution in [0.25, 0.3) is 11.1 Å². The van der Waals surface area contributed by atoms with E-state index in [2.05, 4.69) is 5.32 Å². The van der Waals surface area contributed by atoms with Gasteiger partial charge in [0.05, 0.1) is 28.4 Å². The van der Waals surface area contributed by atoms with Crippen LogP contribution in [0.5, 0.6) is 0 Å². The largest absolute Gasteiger partial charge is 0.397 e. The maximum Gasteiger partial charge on any atom is 0.292 e. The molecule has 4 aromatic carbocycles. The van der Waals surface area contributed by atoms with Gasteiger partial charge < -0.3 is 16.8 Å². The number of primary amides is 1. The van der Waals surface area contributed by atoms with Gasteiger partial charge in [-0.25, -0.2) is 0 Å². The van der Waals surface area contributed by atoms with Gasteiger partial charge in [0.1, 0.15) is 5.69 Å². The molecule has 1 amide bonds. The number of nitrogen functional groups attached to an aromatic ring is 1. The Balaban J connectivity index is 1.97. The lowest BCUT2D eigenvalue weighted by molar-refractivity contribution is -0.383. The first-order valence-corrected chi connectivity index (χ1v) is 11.8. The molecule has 0 atom stereocenters. The number of nitrogens with zero attached hydrogens (tertiary/aromatic N) is 2. The molecule has 9 heteroatoms. The van der Waals surface area contributed by atoms with E-state index >= 15 is 0 Å². The summed E-state index contributed by atoms with van der Waals surface area (Å²) in [5.74, 6) is -0.509. The zero-order chi connectivity index (χ0) is 26.5. The number of nitrogens with two attached hydrogens (primary N) is 2. The number of nitrogens with one attached hydrogen (secondary N) is 1. The van der Waals surface area contributed by atoms with Gasteiger partial charge >= 0.3 is 0 Å². The first kappa shape index (κ1) is 25.3. The number of carbonyl (C=O) groups excluding carboxylic acids is 1. The lowest BCUT2D eigenvalue weighted by atomic mass is 9.96. The molecule has 0 bridgehead atoms. The number of aryl methyl sites for hydroxylation is 1. The van der Waals surface area contributed by atoms with E-state index in [-0.39, 0.29) is 22.9 Å². The molecule has 0 aromatic heterocycles. The van der Waals surface area contributed by atoms with Crippen LogP contribution in [0.4, 0.5) is 28.4 Å². The first-order valence-electron chi connectivity index (χ1n) is 11.4. The van der Waals surface area contributed by atoms with Crippen molar-refractivity contribution < 1.29 is 9.72 Å². The van der Waals surface area contributed by atoms with Crippen LogP contribution in [0.1, 0.15) is 11.1 Å². The summed E-state index contributed by atoms with van der Waals surface area (Å²) in [5.41, 5.74) is 17.2. The van der Waals surface area contributed by atoms with Gasteiger partial charge in [-0.3, -0.25) is 19.8 Å². The number of hydrogen-bond donors (Lipinski definition) is 3. The number of para-hydroxylation sites is 3. The lowest BCUT2D eigenvalue weighted by Gasteiger charge is -2.31. The molecule has 0 fully saturated rings. The standard InChI is InChI=1S/C28H25N5O3S/c1-18-15-16-21(29)27(26(18)19-9-3-2-4-10-19)32(23-13-7-5-11-20(23)17-25(30)34)28(37)31-22-12-6-8-14-24(22)33(35)36/h2-16H,17,29H2,1H3,(H2,30,34)(H,31,37). The molecule has 0 heterocycles. The third kappa shape index (κ3) is 5.41. The van der Waals surface area contributed by atoms with Gasteiger partial charge in [0, 0.05) is 11.6 Å². The van der Waals surface area contributed by atoms with E-state index in [4.69, 9.17) is 23.7 Å². The zero-order valence-corrected chi connectivity index (χ0v) is 20.9. The topological polar surface area (TPSA) is 128 Å². The van der Waals surface area contributed by atoms with E-state index in [1.807, 2.05) is 55.5 Å². The molecule has 0 aliphatic rings. The molecule has 4 rings (SSSR count). The highest BCUT2D eigenvalue weighted by atomic mass is 32.1. The SMILES string of the molecule is Cc1ccc(N)c(N(C(=S)Nc2ccccc2[N+](=O)[O-])c2ccccc2CC(N)=O)c1-c1ccccc1. The van der Waals surface area contributed by atoms with Crippen molar-refractivity contribution in [2.45, 2.75) is 13.3 Å². The van der Waals surface area contributed by atoms with Crippen molar-refractivity contribution in [2.24, 2.45) is 5.73 Å². The van der Waals surface area contributed by atoms with Crippen molar-refractivity contribution in [3.63, 3.8) is 0 Å². The first-order chi connectivity index (χ1) is 17.8. The molecular formula is C28H25N5O3S. The van der Waals surface area contributed by atoms with Gasteiger partial charge in [-0.15, -0.1) is 0 Å². The quantitative estimate of drug-likeness (QED) is 0.125. The summed E-state index contributed by atoms with van der Waals surface area (Å²) in [6, 6.07) is 26.9. The van der Waals surface area contributed by atoms with E-state index in [0.717, 1.165) is 16.7 Å². The fourth-order valence-electron chi connectivity index (χ4n) is 4.23. The van der Waals surface area contributed by atoms with Crippen LogP contribution in [0.15, 0.2) is 91.0 Å². The summed E-state index contributed by atoms with van der Waals surface area (Å²) in [4.78, 5) is 24.8.